The Labute approximate surface area is 152 Å². The van der Waals surface area contributed by atoms with Gasteiger partial charge in [-0.15, -0.1) is 0 Å². The van der Waals surface area contributed by atoms with Crippen LogP contribution in [-0.2, 0) is 9.53 Å². The van der Waals surface area contributed by atoms with Crippen LogP contribution >= 0.6 is 0 Å². The van der Waals surface area contributed by atoms with Gasteiger partial charge in [0.05, 0.1) is 12.2 Å². The second-order valence-electron chi connectivity index (χ2n) is 5.50. The predicted molar refractivity (Wildman–Crippen MR) is 101 cm³/mol. The van der Waals surface area contributed by atoms with Gasteiger partial charge in [0.15, 0.2) is 0 Å². The molecule has 0 aliphatic heterocycles. The molecule has 2 aromatic carbocycles. The number of carbonyl (C=O) groups is 3. The minimum atomic E-state index is -0.415. The van der Waals surface area contributed by atoms with Gasteiger partial charge in [-0.2, -0.15) is 0 Å². The van der Waals surface area contributed by atoms with Crippen molar-refractivity contribution in [2.75, 3.05) is 29.2 Å². The van der Waals surface area contributed by atoms with Crippen molar-refractivity contribution in [1.82, 2.24) is 0 Å². The molecule has 7 heteroatoms. The maximum atomic E-state index is 12.1. The molecular weight excluding hydrogens is 334 g/mol. The molecular formula is C19H21N3O4. The number of rotatable bonds is 5. The second kappa shape index (κ2) is 8.66. The maximum absolute atomic E-state index is 12.1. The van der Waals surface area contributed by atoms with Crippen molar-refractivity contribution in [3.05, 3.63) is 54.1 Å². The Morgan fingerprint density at radius 3 is 1.88 bits per heavy atom. The van der Waals surface area contributed by atoms with Crippen LogP contribution in [-0.4, -0.2) is 31.6 Å². The molecule has 0 bridgehead atoms. The van der Waals surface area contributed by atoms with Crippen LogP contribution in [0.2, 0.25) is 0 Å². The average molecular weight is 355 g/mol. The van der Waals surface area contributed by atoms with Crippen LogP contribution in [0.1, 0.15) is 24.2 Å². The summed E-state index contributed by atoms with van der Waals surface area (Å²) >= 11 is 0. The normalized spacial score (nSPS) is 9.96. The number of anilines is 3. The number of urea groups is 1. The van der Waals surface area contributed by atoms with Gasteiger partial charge in [0, 0.05) is 31.0 Å². The summed E-state index contributed by atoms with van der Waals surface area (Å²) in [5, 5.41) is 5.38. The van der Waals surface area contributed by atoms with E-state index in [9.17, 15) is 14.4 Å². The first-order valence-corrected chi connectivity index (χ1v) is 8.10. The van der Waals surface area contributed by atoms with E-state index < -0.39 is 12.0 Å². The van der Waals surface area contributed by atoms with E-state index in [0.717, 1.165) is 5.69 Å². The molecule has 0 spiro atoms. The molecule has 2 aromatic rings. The Morgan fingerprint density at radius 2 is 1.42 bits per heavy atom. The van der Waals surface area contributed by atoms with E-state index in [0.29, 0.717) is 23.5 Å². The zero-order valence-electron chi connectivity index (χ0n) is 14.9. The highest BCUT2D eigenvalue weighted by molar-refractivity contribution is 6.00. The summed E-state index contributed by atoms with van der Waals surface area (Å²) in [5.74, 6) is -0.478. The molecule has 0 fully saturated rings. The van der Waals surface area contributed by atoms with Crippen LogP contribution in [0.15, 0.2) is 48.5 Å². The molecule has 0 radical (unpaired) electrons. The van der Waals surface area contributed by atoms with Crippen LogP contribution in [0.4, 0.5) is 21.9 Å². The topological polar surface area (TPSA) is 87.7 Å². The quantitative estimate of drug-likeness (QED) is 0.804. The van der Waals surface area contributed by atoms with Gasteiger partial charge in [0.1, 0.15) is 0 Å². The summed E-state index contributed by atoms with van der Waals surface area (Å²) < 4.78 is 4.91. The summed E-state index contributed by atoms with van der Waals surface area (Å²) in [4.78, 5) is 36.5. The molecule has 0 saturated heterocycles. The minimum Gasteiger partial charge on any atom is -0.462 e. The highest BCUT2D eigenvalue weighted by atomic mass is 16.5. The van der Waals surface area contributed by atoms with Crippen molar-refractivity contribution in [2.45, 2.75) is 13.8 Å². The highest BCUT2D eigenvalue weighted by Crippen LogP contribution is 2.17. The van der Waals surface area contributed by atoms with Crippen molar-refractivity contribution in [2.24, 2.45) is 0 Å². The minimum absolute atomic E-state index is 0.0743. The maximum Gasteiger partial charge on any atom is 0.338 e. The first-order chi connectivity index (χ1) is 12.4. The summed E-state index contributed by atoms with van der Waals surface area (Å²) in [6, 6.07) is 12.9. The van der Waals surface area contributed by atoms with Crippen LogP contribution in [0.25, 0.3) is 0 Å². The Bertz CT molecular complexity index is 785. The van der Waals surface area contributed by atoms with E-state index in [1.165, 1.54) is 11.8 Å². The molecule has 0 aliphatic rings. The van der Waals surface area contributed by atoms with Gasteiger partial charge < -0.3 is 20.3 Å². The Kier molecular flexibility index (Phi) is 6.32. The fraction of sp³-hybridized carbons (Fsp3) is 0.211. The first-order valence-electron chi connectivity index (χ1n) is 8.10. The Morgan fingerprint density at radius 1 is 0.923 bits per heavy atom. The van der Waals surface area contributed by atoms with Gasteiger partial charge >= 0.3 is 12.0 Å². The molecule has 3 amide bonds. The van der Waals surface area contributed by atoms with Crippen LogP contribution in [0.5, 0.6) is 0 Å². The third-order valence-corrected chi connectivity index (χ3v) is 3.64. The van der Waals surface area contributed by atoms with Crippen molar-refractivity contribution in [3.63, 3.8) is 0 Å². The Hall–Kier alpha value is -3.35. The van der Waals surface area contributed by atoms with E-state index in [-0.39, 0.29) is 5.91 Å². The fourth-order valence-corrected chi connectivity index (χ4v) is 2.15. The lowest BCUT2D eigenvalue weighted by Crippen LogP contribution is -2.23. The summed E-state index contributed by atoms with van der Waals surface area (Å²) in [7, 11) is 1.68. The number of hydrogen-bond acceptors (Lipinski definition) is 4. The lowest BCUT2D eigenvalue weighted by atomic mass is 10.2. The van der Waals surface area contributed by atoms with E-state index in [2.05, 4.69) is 10.6 Å². The lowest BCUT2D eigenvalue weighted by Gasteiger charge is -2.15. The molecule has 0 aliphatic carbocycles. The van der Waals surface area contributed by atoms with Crippen molar-refractivity contribution in [1.29, 1.82) is 0 Å². The van der Waals surface area contributed by atoms with E-state index in [4.69, 9.17) is 4.74 Å². The predicted octanol–water partition coefficient (Wildman–Crippen LogP) is 3.49. The zero-order valence-corrected chi connectivity index (χ0v) is 14.9. The number of hydrogen-bond donors (Lipinski definition) is 2. The SMILES string of the molecule is CCOC(=O)c1ccc(NC(=O)Nc2ccc(N(C)C(C)=O)cc2)cc1. The Balaban J connectivity index is 1.94. The van der Waals surface area contributed by atoms with Gasteiger partial charge in [0.25, 0.3) is 0 Å². The number of carbonyl (C=O) groups excluding carboxylic acids is 3. The summed E-state index contributed by atoms with van der Waals surface area (Å²) in [6.07, 6.45) is 0. The van der Waals surface area contributed by atoms with Gasteiger partial charge in [-0.25, -0.2) is 9.59 Å². The summed E-state index contributed by atoms with van der Waals surface area (Å²) in [5.41, 5.74) is 2.29. The van der Waals surface area contributed by atoms with Crippen LogP contribution < -0.4 is 15.5 Å². The summed E-state index contributed by atoms with van der Waals surface area (Å²) in [6.45, 7) is 3.53. The number of benzene rings is 2. The largest absolute Gasteiger partial charge is 0.462 e. The number of amides is 3. The second-order valence-corrected chi connectivity index (χ2v) is 5.50. The molecule has 0 atom stereocenters. The van der Waals surface area contributed by atoms with E-state index in [1.54, 1.807) is 62.5 Å². The number of nitrogens with zero attached hydrogens (tertiary/aromatic N) is 1. The molecule has 0 unspecified atom stereocenters. The molecule has 7 nitrogen and oxygen atoms in total. The van der Waals surface area contributed by atoms with E-state index >= 15 is 0 Å². The lowest BCUT2D eigenvalue weighted by molar-refractivity contribution is -0.116. The van der Waals surface area contributed by atoms with E-state index in [1.807, 2.05) is 0 Å². The molecule has 136 valence electrons. The van der Waals surface area contributed by atoms with Crippen LogP contribution in [0.3, 0.4) is 0 Å². The van der Waals surface area contributed by atoms with Gasteiger partial charge in [-0.3, -0.25) is 4.79 Å². The highest BCUT2D eigenvalue weighted by Gasteiger charge is 2.08. The average Bonchev–Trinajstić information content (AvgIpc) is 2.62. The van der Waals surface area contributed by atoms with Gasteiger partial charge in [0.2, 0.25) is 5.91 Å². The third kappa shape index (κ3) is 5.07. The monoisotopic (exact) mass is 355 g/mol. The van der Waals surface area contributed by atoms with Crippen LogP contribution in [0, 0.1) is 0 Å². The number of nitrogens with one attached hydrogen (secondary N) is 2. The van der Waals surface area contributed by atoms with Gasteiger partial charge in [-0.05, 0) is 55.5 Å². The third-order valence-electron chi connectivity index (χ3n) is 3.64. The standard InChI is InChI=1S/C19H21N3O4/c1-4-26-18(24)14-5-7-15(8-6-14)20-19(25)21-16-9-11-17(12-10-16)22(3)13(2)23/h5-12H,4H2,1-3H3,(H2,20,21,25). The molecule has 0 heterocycles. The first kappa shape index (κ1) is 19.0. The molecule has 2 rings (SSSR count). The zero-order chi connectivity index (χ0) is 19.1. The molecule has 0 saturated carbocycles. The fourth-order valence-electron chi connectivity index (χ4n) is 2.15. The molecule has 2 N–H and O–H groups in total. The van der Waals surface area contributed by atoms with Crippen molar-refractivity contribution >= 4 is 35.0 Å². The number of ether oxygens (including phenoxy) is 1. The van der Waals surface area contributed by atoms with Crippen molar-refractivity contribution in [3.8, 4) is 0 Å². The molecule has 0 aromatic heterocycles. The van der Waals surface area contributed by atoms with Gasteiger partial charge in [-0.1, -0.05) is 0 Å². The van der Waals surface area contributed by atoms with Crippen molar-refractivity contribution < 1.29 is 19.1 Å². The molecule has 26 heavy (non-hydrogen) atoms. The smallest absolute Gasteiger partial charge is 0.338 e. The number of esters is 1.